The standard InChI is InChI=1S/C15H19NO2S/c1-4-18-13-6-5-12(9-14(13)17-3)16-10-15-11(2)7-8-19-15/h5-9,16H,4,10H2,1-3H3. The second kappa shape index (κ2) is 6.48. The van der Waals surface area contributed by atoms with Crippen LogP contribution in [0, 0.1) is 6.92 Å². The number of ether oxygens (including phenoxy) is 2. The van der Waals surface area contributed by atoms with Crippen LogP contribution in [-0.4, -0.2) is 13.7 Å². The van der Waals surface area contributed by atoms with Crippen LogP contribution >= 0.6 is 11.3 Å². The molecular formula is C15H19NO2S. The molecule has 2 aromatic rings. The van der Waals surface area contributed by atoms with Crippen LogP contribution in [-0.2, 0) is 6.54 Å². The maximum atomic E-state index is 5.50. The van der Waals surface area contributed by atoms with Crippen LogP contribution in [0.2, 0.25) is 0 Å². The highest BCUT2D eigenvalue weighted by Gasteiger charge is 2.06. The second-order valence-electron chi connectivity index (χ2n) is 4.18. The van der Waals surface area contributed by atoms with E-state index in [4.69, 9.17) is 9.47 Å². The van der Waals surface area contributed by atoms with Crippen molar-refractivity contribution in [2.45, 2.75) is 20.4 Å². The van der Waals surface area contributed by atoms with E-state index in [0.717, 1.165) is 23.7 Å². The van der Waals surface area contributed by atoms with Crippen molar-refractivity contribution in [2.24, 2.45) is 0 Å². The van der Waals surface area contributed by atoms with Crippen LogP contribution in [0.1, 0.15) is 17.4 Å². The number of hydrogen-bond donors (Lipinski definition) is 1. The predicted molar refractivity (Wildman–Crippen MR) is 80.5 cm³/mol. The molecule has 0 aliphatic heterocycles. The molecule has 0 aliphatic rings. The van der Waals surface area contributed by atoms with Crippen LogP contribution in [0.25, 0.3) is 0 Å². The quantitative estimate of drug-likeness (QED) is 0.863. The van der Waals surface area contributed by atoms with E-state index in [2.05, 4.69) is 23.7 Å². The summed E-state index contributed by atoms with van der Waals surface area (Å²) < 4.78 is 10.8. The molecule has 0 saturated heterocycles. The Morgan fingerprint density at radius 1 is 1.21 bits per heavy atom. The van der Waals surface area contributed by atoms with Crippen LogP contribution in [0.5, 0.6) is 11.5 Å². The van der Waals surface area contributed by atoms with Gasteiger partial charge in [-0.1, -0.05) is 0 Å². The molecule has 0 spiro atoms. The minimum atomic E-state index is 0.636. The lowest BCUT2D eigenvalue weighted by atomic mass is 10.2. The molecule has 1 heterocycles. The predicted octanol–water partition coefficient (Wildman–Crippen LogP) is 4.08. The average Bonchev–Trinajstić information content (AvgIpc) is 2.83. The van der Waals surface area contributed by atoms with E-state index >= 15 is 0 Å². The van der Waals surface area contributed by atoms with Gasteiger partial charge >= 0.3 is 0 Å². The van der Waals surface area contributed by atoms with Gasteiger partial charge in [0.1, 0.15) is 0 Å². The van der Waals surface area contributed by atoms with E-state index in [1.54, 1.807) is 18.4 Å². The van der Waals surface area contributed by atoms with Crippen LogP contribution in [0.15, 0.2) is 29.6 Å². The van der Waals surface area contributed by atoms with Crippen molar-refractivity contribution in [3.05, 3.63) is 40.1 Å². The van der Waals surface area contributed by atoms with Gasteiger partial charge in [-0.05, 0) is 43.0 Å². The Labute approximate surface area is 118 Å². The third-order valence-corrected chi connectivity index (χ3v) is 3.91. The molecule has 0 saturated carbocycles. The fourth-order valence-electron chi connectivity index (χ4n) is 1.82. The summed E-state index contributed by atoms with van der Waals surface area (Å²) >= 11 is 1.77. The molecule has 102 valence electrons. The van der Waals surface area contributed by atoms with Crippen LogP contribution in [0.3, 0.4) is 0 Å². The first-order chi connectivity index (χ1) is 9.24. The molecule has 0 amide bonds. The molecule has 3 nitrogen and oxygen atoms in total. The third kappa shape index (κ3) is 3.41. The molecule has 0 bridgehead atoms. The normalized spacial score (nSPS) is 10.3. The Morgan fingerprint density at radius 3 is 2.68 bits per heavy atom. The van der Waals surface area contributed by atoms with Gasteiger partial charge < -0.3 is 14.8 Å². The van der Waals surface area contributed by atoms with E-state index in [1.807, 2.05) is 25.1 Å². The molecule has 0 unspecified atom stereocenters. The molecule has 0 aliphatic carbocycles. The van der Waals surface area contributed by atoms with Gasteiger partial charge in [0.05, 0.1) is 13.7 Å². The zero-order valence-corrected chi connectivity index (χ0v) is 12.3. The maximum absolute atomic E-state index is 5.50. The summed E-state index contributed by atoms with van der Waals surface area (Å²) in [5.74, 6) is 1.54. The van der Waals surface area contributed by atoms with Crippen molar-refractivity contribution >= 4 is 17.0 Å². The van der Waals surface area contributed by atoms with E-state index in [0.29, 0.717) is 6.61 Å². The van der Waals surface area contributed by atoms with Gasteiger partial charge in [0.2, 0.25) is 0 Å². The zero-order valence-electron chi connectivity index (χ0n) is 11.5. The van der Waals surface area contributed by atoms with Crippen molar-refractivity contribution in [3.63, 3.8) is 0 Å². The Morgan fingerprint density at radius 2 is 2.05 bits per heavy atom. The van der Waals surface area contributed by atoms with Crippen molar-refractivity contribution in [1.29, 1.82) is 0 Å². The van der Waals surface area contributed by atoms with Crippen molar-refractivity contribution in [1.82, 2.24) is 0 Å². The molecular weight excluding hydrogens is 258 g/mol. The van der Waals surface area contributed by atoms with Gasteiger partial charge in [-0.25, -0.2) is 0 Å². The van der Waals surface area contributed by atoms with Gasteiger partial charge in [-0.15, -0.1) is 11.3 Å². The molecule has 1 N–H and O–H groups in total. The number of benzene rings is 1. The lowest BCUT2D eigenvalue weighted by Gasteiger charge is -2.12. The highest BCUT2D eigenvalue weighted by Crippen LogP contribution is 2.30. The molecule has 1 aromatic carbocycles. The van der Waals surface area contributed by atoms with E-state index in [1.165, 1.54) is 10.4 Å². The fraction of sp³-hybridized carbons (Fsp3) is 0.333. The molecule has 0 fully saturated rings. The van der Waals surface area contributed by atoms with Gasteiger partial charge in [0, 0.05) is 23.2 Å². The summed E-state index contributed by atoms with van der Waals surface area (Å²) in [5.41, 5.74) is 2.36. The topological polar surface area (TPSA) is 30.5 Å². The Balaban J connectivity index is 2.07. The van der Waals surface area contributed by atoms with Crippen LogP contribution < -0.4 is 14.8 Å². The Kier molecular flexibility index (Phi) is 4.68. The maximum Gasteiger partial charge on any atom is 0.162 e. The Hall–Kier alpha value is -1.68. The highest BCUT2D eigenvalue weighted by molar-refractivity contribution is 7.10. The largest absolute Gasteiger partial charge is 0.493 e. The summed E-state index contributed by atoms with van der Waals surface area (Å²) in [6, 6.07) is 8.05. The minimum Gasteiger partial charge on any atom is -0.493 e. The summed E-state index contributed by atoms with van der Waals surface area (Å²) in [5, 5.41) is 5.52. The number of rotatable bonds is 6. The number of hydrogen-bond acceptors (Lipinski definition) is 4. The number of anilines is 1. The van der Waals surface area contributed by atoms with E-state index in [-0.39, 0.29) is 0 Å². The SMILES string of the molecule is CCOc1ccc(NCc2sccc2C)cc1OC. The third-order valence-electron chi connectivity index (χ3n) is 2.88. The molecule has 0 atom stereocenters. The molecule has 0 radical (unpaired) electrons. The molecule has 2 rings (SSSR count). The first-order valence-corrected chi connectivity index (χ1v) is 7.20. The monoisotopic (exact) mass is 277 g/mol. The zero-order chi connectivity index (χ0) is 13.7. The van der Waals surface area contributed by atoms with Gasteiger partial charge in [0.25, 0.3) is 0 Å². The molecule has 19 heavy (non-hydrogen) atoms. The Bertz CT molecular complexity index is 537. The number of methoxy groups -OCH3 is 1. The average molecular weight is 277 g/mol. The van der Waals surface area contributed by atoms with Crippen LogP contribution in [0.4, 0.5) is 5.69 Å². The first kappa shape index (κ1) is 13.7. The second-order valence-corrected chi connectivity index (χ2v) is 5.18. The summed E-state index contributed by atoms with van der Waals surface area (Å²) in [7, 11) is 1.66. The summed E-state index contributed by atoms with van der Waals surface area (Å²) in [4.78, 5) is 1.35. The number of nitrogens with one attached hydrogen (secondary N) is 1. The lowest BCUT2D eigenvalue weighted by molar-refractivity contribution is 0.311. The highest BCUT2D eigenvalue weighted by atomic mass is 32.1. The molecule has 1 aromatic heterocycles. The summed E-state index contributed by atoms with van der Waals surface area (Å²) in [6.07, 6.45) is 0. The minimum absolute atomic E-state index is 0.636. The molecule has 4 heteroatoms. The van der Waals surface area contributed by atoms with Gasteiger partial charge in [-0.2, -0.15) is 0 Å². The smallest absolute Gasteiger partial charge is 0.162 e. The van der Waals surface area contributed by atoms with Gasteiger partial charge in [-0.3, -0.25) is 0 Å². The van der Waals surface area contributed by atoms with Crippen molar-refractivity contribution < 1.29 is 9.47 Å². The van der Waals surface area contributed by atoms with Crippen molar-refractivity contribution in [3.8, 4) is 11.5 Å². The van der Waals surface area contributed by atoms with Crippen molar-refractivity contribution in [2.75, 3.05) is 19.0 Å². The van der Waals surface area contributed by atoms with E-state index < -0.39 is 0 Å². The lowest BCUT2D eigenvalue weighted by Crippen LogP contribution is -2.00. The van der Waals surface area contributed by atoms with E-state index in [9.17, 15) is 0 Å². The summed E-state index contributed by atoms with van der Waals surface area (Å²) in [6.45, 7) is 5.57. The number of aryl methyl sites for hydroxylation is 1. The first-order valence-electron chi connectivity index (χ1n) is 6.32. The fourth-order valence-corrected chi connectivity index (χ4v) is 2.67. The number of thiophene rings is 1. The van der Waals surface area contributed by atoms with Gasteiger partial charge in [0.15, 0.2) is 11.5 Å².